The molecule has 2 atom stereocenters. The van der Waals surface area contributed by atoms with Crippen LogP contribution >= 0.6 is 23.5 Å². The zero-order valence-corrected chi connectivity index (χ0v) is 15.0. The standard InChI is InChI=1S/C18H18N2O2S2/c1-11(17(21)19-12-7-9-13(23-2)10-8-12)16-18(22)20-14-5-3-4-6-15(14)24-16/h3-11,16H,1-2H3,(H,19,21)(H,20,22). The van der Waals surface area contributed by atoms with E-state index in [-0.39, 0.29) is 11.8 Å². The predicted octanol–water partition coefficient (Wildman–Crippen LogP) is 4.10. The third kappa shape index (κ3) is 3.60. The number of nitrogens with one attached hydrogen (secondary N) is 2. The maximum atomic E-state index is 12.5. The Bertz CT molecular complexity index is 762. The van der Waals surface area contributed by atoms with E-state index in [1.54, 1.807) is 18.7 Å². The fourth-order valence-corrected chi connectivity index (χ4v) is 4.04. The lowest BCUT2D eigenvalue weighted by Gasteiger charge is -2.27. The summed E-state index contributed by atoms with van der Waals surface area (Å²) >= 11 is 3.09. The number of hydrogen-bond acceptors (Lipinski definition) is 4. The largest absolute Gasteiger partial charge is 0.326 e. The van der Waals surface area contributed by atoms with Crippen LogP contribution in [0.2, 0.25) is 0 Å². The van der Waals surface area contributed by atoms with Crippen molar-refractivity contribution in [1.82, 2.24) is 0 Å². The highest BCUT2D eigenvalue weighted by Crippen LogP contribution is 2.38. The van der Waals surface area contributed by atoms with E-state index in [4.69, 9.17) is 0 Å². The molecule has 124 valence electrons. The highest BCUT2D eigenvalue weighted by molar-refractivity contribution is 8.01. The van der Waals surface area contributed by atoms with Crippen LogP contribution in [0.25, 0.3) is 0 Å². The second kappa shape index (κ2) is 7.32. The third-order valence-electron chi connectivity index (χ3n) is 3.88. The van der Waals surface area contributed by atoms with Gasteiger partial charge in [-0.1, -0.05) is 19.1 Å². The molecule has 0 saturated heterocycles. The van der Waals surface area contributed by atoms with Gasteiger partial charge in [-0.25, -0.2) is 0 Å². The van der Waals surface area contributed by atoms with Crippen molar-refractivity contribution in [3.8, 4) is 0 Å². The Labute approximate surface area is 149 Å². The monoisotopic (exact) mass is 358 g/mol. The van der Waals surface area contributed by atoms with Gasteiger partial charge in [-0.15, -0.1) is 23.5 Å². The lowest BCUT2D eigenvalue weighted by atomic mass is 10.1. The smallest absolute Gasteiger partial charge is 0.238 e. The second-order valence-corrected chi connectivity index (χ2v) is 7.59. The molecule has 0 bridgehead atoms. The van der Waals surface area contributed by atoms with Gasteiger partial charge in [0.25, 0.3) is 0 Å². The van der Waals surface area contributed by atoms with Gasteiger partial charge in [-0.2, -0.15) is 0 Å². The molecule has 1 heterocycles. The molecule has 0 aliphatic carbocycles. The Hall–Kier alpha value is -1.92. The summed E-state index contributed by atoms with van der Waals surface area (Å²) < 4.78 is 0. The maximum absolute atomic E-state index is 12.5. The predicted molar refractivity (Wildman–Crippen MR) is 101 cm³/mol. The first-order chi connectivity index (χ1) is 11.6. The number of carbonyl (C=O) groups excluding carboxylic acids is 2. The summed E-state index contributed by atoms with van der Waals surface area (Å²) in [5, 5.41) is 5.34. The molecular weight excluding hydrogens is 340 g/mol. The minimum absolute atomic E-state index is 0.126. The molecule has 6 heteroatoms. The Morgan fingerprint density at radius 3 is 2.62 bits per heavy atom. The summed E-state index contributed by atoms with van der Waals surface area (Å²) in [6.07, 6.45) is 2.01. The number of para-hydroxylation sites is 1. The fraction of sp³-hybridized carbons (Fsp3) is 0.222. The van der Waals surface area contributed by atoms with Crippen LogP contribution in [-0.2, 0) is 9.59 Å². The maximum Gasteiger partial charge on any atom is 0.238 e. The lowest BCUT2D eigenvalue weighted by Crippen LogP contribution is -2.39. The van der Waals surface area contributed by atoms with Crippen LogP contribution in [0, 0.1) is 5.92 Å². The third-order valence-corrected chi connectivity index (χ3v) is 6.11. The molecule has 0 spiro atoms. The number of thioether (sulfide) groups is 2. The highest BCUT2D eigenvalue weighted by atomic mass is 32.2. The van der Waals surface area contributed by atoms with Gasteiger partial charge in [0, 0.05) is 15.5 Å². The number of rotatable bonds is 4. The molecule has 2 N–H and O–H groups in total. The second-order valence-electron chi connectivity index (χ2n) is 5.53. The van der Waals surface area contributed by atoms with E-state index >= 15 is 0 Å². The van der Waals surface area contributed by atoms with Gasteiger partial charge in [0.05, 0.1) is 16.9 Å². The van der Waals surface area contributed by atoms with E-state index in [2.05, 4.69) is 10.6 Å². The molecule has 2 amide bonds. The number of anilines is 2. The Morgan fingerprint density at radius 2 is 1.92 bits per heavy atom. The van der Waals surface area contributed by atoms with Gasteiger partial charge in [-0.05, 0) is 42.7 Å². The molecular formula is C18H18N2O2S2. The van der Waals surface area contributed by atoms with Gasteiger partial charge in [0.15, 0.2) is 0 Å². The van der Waals surface area contributed by atoms with E-state index < -0.39 is 11.2 Å². The van der Waals surface area contributed by atoms with Crippen LogP contribution in [0.1, 0.15) is 6.92 Å². The quantitative estimate of drug-likeness (QED) is 0.808. The summed E-state index contributed by atoms with van der Waals surface area (Å²) in [4.78, 5) is 27.0. The van der Waals surface area contributed by atoms with Crippen LogP contribution in [0.3, 0.4) is 0 Å². The molecule has 2 aromatic carbocycles. The van der Waals surface area contributed by atoms with Crippen LogP contribution in [-0.4, -0.2) is 23.3 Å². The van der Waals surface area contributed by atoms with Crippen molar-refractivity contribution >= 4 is 46.7 Å². The van der Waals surface area contributed by atoms with Crippen molar-refractivity contribution in [3.63, 3.8) is 0 Å². The molecule has 4 nitrogen and oxygen atoms in total. The molecule has 0 aromatic heterocycles. The topological polar surface area (TPSA) is 58.2 Å². The van der Waals surface area contributed by atoms with E-state index in [1.807, 2.05) is 54.8 Å². The zero-order chi connectivity index (χ0) is 17.1. The van der Waals surface area contributed by atoms with Gasteiger partial charge < -0.3 is 10.6 Å². The molecule has 24 heavy (non-hydrogen) atoms. The van der Waals surface area contributed by atoms with Crippen LogP contribution in [0.4, 0.5) is 11.4 Å². The lowest BCUT2D eigenvalue weighted by molar-refractivity contribution is -0.123. The molecule has 0 radical (unpaired) electrons. The summed E-state index contributed by atoms with van der Waals surface area (Å²) in [6.45, 7) is 1.79. The first kappa shape index (κ1) is 16.9. The van der Waals surface area contributed by atoms with Crippen molar-refractivity contribution in [2.75, 3.05) is 16.9 Å². The van der Waals surface area contributed by atoms with Gasteiger partial charge in [0.1, 0.15) is 0 Å². The highest BCUT2D eigenvalue weighted by Gasteiger charge is 2.35. The van der Waals surface area contributed by atoms with Crippen LogP contribution in [0.15, 0.2) is 58.3 Å². The average molecular weight is 358 g/mol. The SMILES string of the molecule is CSc1ccc(NC(=O)C(C)C2Sc3ccccc3NC2=O)cc1. The Balaban J connectivity index is 1.70. The first-order valence-electron chi connectivity index (χ1n) is 7.60. The van der Waals surface area contributed by atoms with Crippen molar-refractivity contribution in [2.24, 2.45) is 5.92 Å². The van der Waals surface area contributed by atoms with E-state index in [1.165, 1.54) is 11.8 Å². The van der Waals surface area contributed by atoms with Crippen molar-refractivity contribution in [1.29, 1.82) is 0 Å². The van der Waals surface area contributed by atoms with E-state index in [0.29, 0.717) is 0 Å². The number of fused-ring (bicyclic) bond motifs is 1. The molecule has 2 unspecified atom stereocenters. The Kier molecular flexibility index (Phi) is 5.16. The van der Waals surface area contributed by atoms with Crippen molar-refractivity contribution in [2.45, 2.75) is 22.0 Å². The first-order valence-corrected chi connectivity index (χ1v) is 9.70. The molecule has 1 aliphatic rings. The van der Waals surface area contributed by atoms with Gasteiger partial charge in [-0.3, -0.25) is 9.59 Å². The number of amides is 2. The zero-order valence-electron chi connectivity index (χ0n) is 13.4. The average Bonchev–Trinajstić information content (AvgIpc) is 2.61. The number of hydrogen-bond donors (Lipinski definition) is 2. The van der Waals surface area contributed by atoms with Crippen molar-refractivity contribution < 1.29 is 9.59 Å². The normalized spacial score (nSPS) is 17.6. The van der Waals surface area contributed by atoms with E-state index in [9.17, 15) is 9.59 Å². The molecule has 3 rings (SSSR count). The summed E-state index contributed by atoms with van der Waals surface area (Å²) in [6, 6.07) is 15.3. The minimum atomic E-state index is -0.441. The molecule has 2 aromatic rings. The summed E-state index contributed by atoms with van der Waals surface area (Å²) in [7, 11) is 0. The minimum Gasteiger partial charge on any atom is -0.326 e. The van der Waals surface area contributed by atoms with Crippen LogP contribution < -0.4 is 10.6 Å². The van der Waals surface area contributed by atoms with E-state index in [0.717, 1.165) is 21.2 Å². The van der Waals surface area contributed by atoms with Crippen LogP contribution in [0.5, 0.6) is 0 Å². The van der Waals surface area contributed by atoms with Gasteiger partial charge >= 0.3 is 0 Å². The fourth-order valence-electron chi connectivity index (χ4n) is 2.46. The van der Waals surface area contributed by atoms with Gasteiger partial charge in [0.2, 0.25) is 11.8 Å². The molecule has 0 saturated carbocycles. The summed E-state index contributed by atoms with van der Waals surface area (Å²) in [5.41, 5.74) is 1.55. The number of carbonyl (C=O) groups is 2. The summed E-state index contributed by atoms with van der Waals surface area (Å²) in [5.74, 6) is -0.721. The Morgan fingerprint density at radius 1 is 1.21 bits per heavy atom. The number of benzene rings is 2. The molecule has 1 aliphatic heterocycles. The molecule has 0 fully saturated rings. The van der Waals surface area contributed by atoms with Crippen molar-refractivity contribution in [3.05, 3.63) is 48.5 Å².